The molecule has 180 valence electrons. The number of rotatable bonds is 5. The SMILES string of the molecule is C[C@@]12CC[C@@](C)(N1)[C@@H](F)[C@@H](N(c1ncc(-c3ccc(-c4csc(C#N)n4)cc3O)nn1)C1CC1)C2. The molecule has 4 atom stereocenters. The molecule has 3 aliphatic rings. The number of aromatic hydroxyl groups is 1. The molecular formula is C25H26FN7OS. The Labute approximate surface area is 206 Å². The second-order valence-electron chi connectivity index (χ2n) is 10.4. The normalized spacial score (nSPS) is 29.7. The maximum Gasteiger partial charge on any atom is 0.245 e. The van der Waals surface area contributed by atoms with Crippen LogP contribution < -0.4 is 10.2 Å². The van der Waals surface area contributed by atoms with Crippen LogP contribution in [-0.2, 0) is 0 Å². The van der Waals surface area contributed by atoms with Gasteiger partial charge in [-0.15, -0.1) is 21.5 Å². The van der Waals surface area contributed by atoms with Gasteiger partial charge in [-0.3, -0.25) is 0 Å². The van der Waals surface area contributed by atoms with Gasteiger partial charge >= 0.3 is 0 Å². The van der Waals surface area contributed by atoms with Crippen LogP contribution in [0.1, 0.15) is 51.0 Å². The van der Waals surface area contributed by atoms with E-state index in [2.05, 4.69) is 37.3 Å². The second-order valence-corrected chi connectivity index (χ2v) is 11.3. The predicted octanol–water partition coefficient (Wildman–Crippen LogP) is 4.22. The van der Waals surface area contributed by atoms with Gasteiger partial charge in [-0.05, 0) is 58.1 Å². The van der Waals surface area contributed by atoms with Crippen molar-refractivity contribution >= 4 is 17.3 Å². The van der Waals surface area contributed by atoms with E-state index in [1.807, 2.05) is 19.1 Å². The zero-order valence-corrected chi connectivity index (χ0v) is 20.4. The third-order valence-corrected chi connectivity index (χ3v) is 8.38. The highest BCUT2D eigenvalue weighted by Crippen LogP contribution is 2.47. The van der Waals surface area contributed by atoms with Gasteiger partial charge in [0.15, 0.2) is 5.01 Å². The molecule has 10 heteroatoms. The van der Waals surface area contributed by atoms with E-state index in [1.54, 1.807) is 23.7 Å². The highest BCUT2D eigenvalue weighted by Gasteiger charge is 2.58. The Morgan fingerprint density at radius 1 is 1.23 bits per heavy atom. The molecule has 8 nitrogen and oxygen atoms in total. The number of hydrogen-bond acceptors (Lipinski definition) is 9. The van der Waals surface area contributed by atoms with Gasteiger partial charge in [-0.1, -0.05) is 6.07 Å². The summed E-state index contributed by atoms with van der Waals surface area (Å²) in [6.45, 7) is 4.17. The van der Waals surface area contributed by atoms with E-state index >= 15 is 4.39 Å². The number of anilines is 1. The van der Waals surface area contributed by atoms with Gasteiger partial charge in [0.05, 0.1) is 17.9 Å². The topological polar surface area (TPSA) is 111 Å². The fraction of sp³-hybridized carbons (Fsp3) is 0.480. The number of phenols is 1. The van der Waals surface area contributed by atoms with Gasteiger partial charge in [0, 0.05) is 33.6 Å². The third-order valence-electron chi connectivity index (χ3n) is 7.64. The molecule has 2 saturated heterocycles. The number of halogens is 1. The summed E-state index contributed by atoms with van der Waals surface area (Å²) < 4.78 is 15.8. The van der Waals surface area contributed by atoms with Gasteiger partial charge in [0.2, 0.25) is 5.95 Å². The molecule has 1 saturated carbocycles. The quantitative estimate of drug-likeness (QED) is 0.546. The fourth-order valence-electron chi connectivity index (χ4n) is 5.75. The lowest BCUT2D eigenvalue weighted by Crippen LogP contribution is -2.66. The number of benzene rings is 1. The predicted molar refractivity (Wildman–Crippen MR) is 131 cm³/mol. The van der Waals surface area contributed by atoms with Crippen LogP contribution in [0.3, 0.4) is 0 Å². The van der Waals surface area contributed by atoms with Gasteiger partial charge < -0.3 is 15.3 Å². The summed E-state index contributed by atoms with van der Waals surface area (Å²) in [7, 11) is 0. The molecular weight excluding hydrogens is 465 g/mol. The highest BCUT2D eigenvalue weighted by molar-refractivity contribution is 7.10. The minimum Gasteiger partial charge on any atom is -0.507 e. The Kier molecular flexibility index (Phi) is 5.06. The molecule has 6 rings (SSSR count). The van der Waals surface area contributed by atoms with Crippen LogP contribution in [0.2, 0.25) is 0 Å². The Hall–Kier alpha value is -3.16. The standard InChI is InChI=1S/C25H26FN7OS/c1-24-7-8-25(2,32-24)22(26)19(10-24)33(15-4-5-15)23-28-12-17(30-31-23)16-6-3-14(9-20(16)34)18-13-35-21(11-27)29-18/h3,6,9,12-13,15,19,22,32,34H,4-5,7-8,10H2,1-2H3/t19-,22-,24-,25+/m0/s1. The number of alkyl halides is 1. The number of nitrogens with zero attached hydrogens (tertiary/aromatic N) is 6. The molecule has 4 heterocycles. The maximum absolute atomic E-state index is 15.8. The van der Waals surface area contributed by atoms with E-state index in [0.717, 1.165) is 25.7 Å². The van der Waals surface area contributed by atoms with E-state index in [1.165, 1.54) is 11.3 Å². The van der Waals surface area contributed by atoms with Crippen LogP contribution in [0.4, 0.5) is 10.3 Å². The van der Waals surface area contributed by atoms with E-state index in [4.69, 9.17) is 5.26 Å². The summed E-state index contributed by atoms with van der Waals surface area (Å²) in [6.07, 6.45) is 5.07. The van der Waals surface area contributed by atoms with Crippen molar-refractivity contribution in [2.45, 2.75) is 75.3 Å². The molecule has 0 radical (unpaired) electrons. The molecule has 2 bridgehead atoms. The zero-order valence-electron chi connectivity index (χ0n) is 19.6. The van der Waals surface area contributed by atoms with Crippen LogP contribution in [-0.4, -0.2) is 54.6 Å². The minimum absolute atomic E-state index is 0.0245. The van der Waals surface area contributed by atoms with E-state index < -0.39 is 11.7 Å². The molecule has 3 aromatic rings. The average molecular weight is 492 g/mol. The van der Waals surface area contributed by atoms with Crippen molar-refractivity contribution in [2.75, 3.05) is 4.90 Å². The first-order valence-electron chi connectivity index (χ1n) is 11.9. The first-order chi connectivity index (χ1) is 16.8. The van der Waals surface area contributed by atoms with Gasteiger partial charge in [0.25, 0.3) is 0 Å². The third kappa shape index (κ3) is 3.83. The molecule has 1 aliphatic carbocycles. The minimum atomic E-state index is -1.02. The van der Waals surface area contributed by atoms with Gasteiger partial charge in [-0.2, -0.15) is 5.26 Å². The monoisotopic (exact) mass is 491 g/mol. The van der Waals surface area contributed by atoms with Crippen molar-refractivity contribution in [3.63, 3.8) is 0 Å². The summed E-state index contributed by atoms with van der Waals surface area (Å²) in [5.41, 5.74) is 1.66. The van der Waals surface area contributed by atoms with Gasteiger partial charge in [-0.25, -0.2) is 14.4 Å². The van der Waals surface area contributed by atoms with Crippen molar-refractivity contribution < 1.29 is 9.50 Å². The molecule has 0 spiro atoms. The van der Waals surface area contributed by atoms with Crippen LogP contribution in [0.15, 0.2) is 29.8 Å². The van der Waals surface area contributed by atoms with Crippen molar-refractivity contribution in [1.82, 2.24) is 25.5 Å². The number of piperidine rings is 1. The Morgan fingerprint density at radius 2 is 2.06 bits per heavy atom. The molecule has 2 aromatic heterocycles. The Morgan fingerprint density at radius 3 is 2.71 bits per heavy atom. The number of hydrogen-bond donors (Lipinski definition) is 2. The fourth-order valence-corrected chi connectivity index (χ4v) is 6.37. The van der Waals surface area contributed by atoms with Crippen LogP contribution in [0, 0.1) is 11.3 Å². The average Bonchev–Trinajstić information content (AvgIpc) is 3.48. The molecule has 0 amide bonds. The number of phenolic OH excluding ortho intramolecular Hbond substituents is 1. The molecule has 2 N–H and O–H groups in total. The van der Waals surface area contributed by atoms with Crippen LogP contribution >= 0.6 is 11.3 Å². The second kappa shape index (κ2) is 7.93. The lowest BCUT2D eigenvalue weighted by atomic mass is 9.82. The lowest BCUT2D eigenvalue weighted by molar-refractivity contribution is 0.0828. The Bertz CT molecular complexity index is 1320. The summed E-state index contributed by atoms with van der Waals surface area (Å²) in [4.78, 5) is 10.9. The van der Waals surface area contributed by atoms with Gasteiger partial charge in [0.1, 0.15) is 23.7 Å². The van der Waals surface area contributed by atoms with Crippen molar-refractivity contribution in [1.29, 1.82) is 5.26 Å². The molecule has 35 heavy (non-hydrogen) atoms. The van der Waals surface area contributed by atoms with Crippen molar-refractivity contribution in [3.05, 3.63) is 34.8 Å². The lowest BCUT2D eigenvalue weighted by Gasteiger charge is -2.48. The maximum atomic E-state index is 15.8. The summed E-state index contributed by atoms with van der Waals surface area (Å²) >= 11 is 1.26. The van der Waals surface area contributed by atoms with Crippen LogP contribution in [0.25, 0.3) is 22.5 Å². The number of aromatic nitrogens is 4. The Balaban J connectivity index is 1.28. The van der Waals surface area contributed by atoms with E-state index in [-0.39, 0.29) is 23.4 Å². The van der Waals surface area contributed by atoms with Crippen molar-refractivity contribution in [3.8, 4) is 34.3 Å². The molecule has 1 aromatic carbocycles. The smallest absolute Gasteiger partial charge is 0.245 e. The van der Waals surface area contributed by atoms with Crippen LogP contribution in [0.5, 0.6) is 5.75 Å². The highest BCUT2D eigenvalue weighted by atomic mass is 32.1. The first-order valence-corrected chi connectivity index (χ1v) is 12.8. The molecule has 3 fully saturated rings. The van der Waals surface area contributed by atoms with E-state index in [0.29, 0.717) is 39.9 Å². The number of nitriles is 1. The number of fused-ring (bicyclic) bond motifs is 2. The molecule has 2 aliphatic heterocycles. The van der Waals surface area contributed by atoms with E-state index in [9.17, 15) is 5.11 Å². The molecule has 0 unspecified atom stereocenters. The summed E-state index contributed by atoms with van der Waals surface area (Å²) in [5.74, 6) is 0.469. The number of thiazole rings is 1. The first kappa shape index (κ1) is 22.3. The summed E-state index contributed by atoms with van der Waals surface area (Å²) in [5, 5.41) is 34.1. The van der Waals surface area contributed by atoms with Crippen molar-refractivity contribution in [2.24, 2.45) is 0 Å². The number of nitrogens with one attached hydrogen (secondary N) is 1. The largest absolute Gasteiger partial charge is 0.507 e. The zero-order chi connectivity index (χ0) is 24.4. The summed E-state index contributed by atoms with van der Waals surface area (Å²) in [6, 6.07) is 7.12.